The van der Waals surface area contributed by atoms with E-state index in [1.54, 1.807) is 14.2 Å². The van der Waals surface area contributed by atoms with Gasteiger partial charge in [0.25, 0.3) is 0 Å². The molecule has 1 aliphatic rings. The average Bonchev–Trinajstić information content (AvgIpc) is 2.58. The van der Waals surface area contributed by atoms with Crippen molar-refractivity contribution in [3.05, 3.63) is 40.5 Å². The van der Waals surface area contributed by atoms with Gasteiger partial charge < -0.3 is 9.47 Å². The Balaban J connectivity index is 2.68. The molecule has 1 aromatic rings. The molecule has 98 valence electrons. The van der Waals surface area contributed by atoms with Crippen LogP contribution in [0.15, 0.2) is 23.8 Å². The Hall–Kier alpha value is -1.28. The van der Waals surface area contributed by atoms with E-state index >= 15 is 0 Å². The molecule has 0 aromatic heterocycles. The number of ether oxygens (including phenoxy) is 2. The molecule has 2 rings (SSSR count). The van der Waals surface area contributed by atoms with Gasteiger partial charge in [0.15, 0.2) is 0 Å². The van der Waals surface area contributed by atoms with Crippen molar-refractivity contribution in [2.75, 3.05) is 14.2 Å². The fraction of sp³-hybridized carbons (Fsp3) is 0.500. The number of benzene rings is 1. The van der Waals surface area contributed by atoms with Crippen LogP contribution < -0.4 is 0 Å². The molecule has 0 radical (unpaired) electrons. The van der Waals surface area contributed by atoms with Crippen LogP contribution in [0.4, 0.5) is 0 Å². The predicted molar refractivity (Wildman–Crippen MR) is 74.5 cm³/mol. The van der Waals surface area contributed by atoms with Crippen LogP contribution in [0.25, 0.3) is 5.76 Å². The van der Waals surface area contributed by atoms with Gasteiger partial charge in [0.05, 0.1) is 7.11 Å². The molecule has 0 aliphatic heterocycles. The van der Waals surface area contributed by atoms with Crippen LogP contribution in [0.2, 0.25) is 0 Å². The van der Waals surface area contributed by atoms with E-state index in [2.05, 4.69) is 45.9 Å². The second-order valence-electron chi connectivity index (χ2n) is 5.85. The summed E-state index contributed by atoms with van der Waals surface area (Å²) >= 11 is 0. The normalized spacial score (nSPS) is 19.1. The van der Waals surface area contributed by atoms with Gasteiger partial charge in [-0.05, 0) is 23.5 Å². The topological polar surface area (TPSA) is 18.5 Å². The minimum atomic E-state index is 0.0189. The third-order valence-corrected chi connectivity index (χ3v) is 3.61. The third kappa shape index (κ3) is 1.85. The third-order valence-electron chi connectivity index (χ3n) is 3.61. The maximum Gasteiger partial charge on any atom is 0.128 e. The molecule has 0 bridgehead atoms. The molecule has 1 atom stereocenters. The molecule has 0 saturated carbocycles. The van der Waals surface area contributed by atoms with Gasteiger partial charge in [-0.3, -0.25) is 0 Å². The Morgan fingerprint density at radius 1 is 1.11 bits per heavy atom. The molecule has 0 amide bonds. The van der Waals surface area contributed by atoms with Crippen molar-refractivity contribution in [1.82, 2.24) is 0 Å². The van der Waals surface area contributed by atoms with Gasteiger partial charge in [-0.1, -0.05) is 39.0 Å². The highest BCUT2D eigenvalue weighted by Crippen LogP contribution is 2.46. The molecule has 1 unspecified atom stereocenters. The lowest BCUT2D eigenvalue weighted by Gasteiger charge is -2.25. The summed E-state index contributed by atoms with van der Waals surface area (Å²) in [6.45, 7) is 8.78. The van der Waals surface area contributed by atoms with Crippen molar-refractivity contribution in [2.24, 2.45) is 0 Å². The fourth-order valence-electron chi connectivity index (χ4n) is 2.81. The van der Waals surface area contributed by atoms with E-state index in [9.17, 15) is 0 Å². The first kappa shape index (κ1) is 13.2. The average molecular weight is 246 g/mol. The maximum absolute atomic E-state index is 5.68. The first-order valence-electron chi connectivity index (χ1n) is 6.33. The minimum absolute atomic E-state index is 0.0189. The Morgan fingerprint density at radius 3 is 2.28 bits per heavy atom. The van der Waals surface area contributed by atoms with Crippen LogP contribution in [0.1, 0.15) is 50.5 Å². The van der Waals surface area contributed by atoms with E-state index in [1.165, 1.54) is 16.7 Å². The first-order chi connectivity index (χ1) is 8.41. The molecular weight excluding hydrogens is 224 g/mol. The van der Waals surface area contributed by atoms with E-state index in [0.29, 0.717) is 0 Å². The summed E-state index contributed by atoms with van der Waals surface area (Å²) in [6.07, 6.45) is 0.0189. The molecule has 2 heteroatoms. The Labute approximate surface area is 110 Å². The molecule has 1 aromatic carbocycles. The summed E-state index contributed by atoms with van der Waals surface area (Å²) in [5.41, 5.74) is 5.03. The molecule has 1 aliphatic carbocycles. The van der Waals surface area contributed by atoms with Crippen LogP contribution in [0, 0.1) is 0 Å². The summed E-state index contributed by atoms with van der Waals surface area (Å²) in [5.74, 6) is 0.961. The zero-order valence-corrected chi connectivity index (χ0v) is 12.1. The van der Waals surface area contributed by atoms with Crippen LogP contribution in [0.5, 0.6) is 0 Å². The lowest BCUT2D eigenvalue weighted by molar-refractivity contribution is 0.133. The van der Waals surface area contributed by atoms with Gasteiger partial charge in [0.2, 0.25) is 0 Å². The summed E-state index contributed by atoms with van der Waals surface area (Å²) in [6, 6.07) is 6.41. The van der Waals surface area contributed by atoms with Crippen LogP contribution in [0.3, 0.4) is 0 Å². The van der Waals surface area contributed by atoms with Crippen LogP contribution in [-0.2, 0) is 14.9 Å². The monoisotopic (exact) mass is 246 g/mol. The zero-order valence-electron chi connectivity index (χ0n) is 12.1. The first-order valence-corrected chi connectivity index (χ1v) is 6.33. The standard InChI is InChI=1S/C16H22O2/c1-10-14(17-5)11-8-7-9-12(16(2,3)4)13(11)15(10)18-6/h7-9,15H,1-6H3. The highest BCUT2D eigenvalue weighted by Gasteiger charge is 2.34. The van der Waals surface area contributed by atoms with Crippen molar-refractivity contribution < 1.29 is 9.47 Å². The number of hydrogen-bond donors (Lipinski definition) is 0. The lowest BCUT2D eigenvalue weighted by Crippen LogP contribution is -2.16. The molecule has 2 nitrogen and oxygen atoms in total. The van der Waals surface area contributed by atoms with E-state index in [1.807, 2.05) is 0 Å². The fourth-order valence-corrected chi connectivity index (χ4v) is 2.81. The molecule has 0 fully saturated rings. The van der Waals surface area contributed by atoms with Crippen LogP contribution in [-0.4, -0.2) is 14.2 Å². The summed E-state index contributed by atoms with van der Waals surface area (Å²) in [7, 11) is 3.49. The maximum atomic E-state index is 5.68. The van der Waals surface area contributed by atoms with Gasteiger partial charge in [-0.2, -0.15) is 0 Å². The molecule has 0 saturated heterocycles. The van der Waals surface area contributed by atoms with Crippen molar-refractivity contribution in [1.29, 1.82) is 0 Å². The van der Waals surface area contributed by atoms with E-state index in [-0.39, 0.29) is 11.5 Å². The van der Waals surface area contributed by atoms with E-state index in [4.69, 9.17) is 9.47 Å². The number of methoxy groups -OCH3 is 2. The van der Waals surface area contributed by atoms with Gasteiger partial charge in [-0.25, -0.2) is 0 Å². The highest BCUT2D eigenvalue weighted by molar-refractivity contribution is 5.74. The zero-order chi connectivity index (χ0) is 13.5. The van der Waals surface area contributed by atoms with Gasteiger partial charge in [0.1, 0.15) is 11.9 Å². The quantitative estimate of drug-likeness (QED) is 0.783. The van der Waals surface area contributed by atoms with E-state index in [0.717, 1.165) is 11.3 Å². The van der Waals surface area contributed by atoms with Crippen molar-refractivity contribution in [3.63, 3.8) is 0 Å². The number of hydrogen-bond acceptors (Lipinski definition) is 2. The summed E-state index contributed by atoms with van der Waals surface area (Å²) < 4.78 is 11.2. The smallest absolute Gasteiger partial charge is 0.128 e. The van der Waals surface area contributed by atoms with Gasteiger partial charge in [0, 0.05) is 18.2 Å². The van der Waals surface area contributed by atoms with E-state index < -0.39 is 0 Å². The number of rotatable bonds is 2. The van der Waals surface area contributed by atoms with Crippen molar-refractivity contribution in [2.45, 2.75) is 39.2 Å². The molecule has 0 N–H and O–H groups in total. The summed E-state index contributed by atoms with van der Waals surface area (Å²) in [4.78, 5) is 0. The predicted octanol–water partition coefficient (Wildman–Crippen LogP) is 4.06. The highest BCUT2D eigenvalue weighted by atomic mass is 16.5. The largest absolute Gasteiger partial charge is 0.496 e. The second-order valence-corrected chi connectivity index (χ2v) is 5.85. The van der Waals surface area contributed by atoms with Crippen molar-refractivity contribution in [3.8, 4) is 0 Å². The Morgan fingerprint density at radius 2 is 1.78 bits per heavy atom. The molecule has 18 heavy (non-hydrogen) atoms. The van der Waals surface area contributed by atoms with Crippen LogP contribution >= 0.6 is 0 Å². The Bertz CT molecular complexity index is 492. The molecule has 0 spiro atoms. The van der Waals surface area contributed by atoms with Gasteiger partial charge >= 0.3 is 0 Å². The SMILES string of the molecule is COC1=C(C)C(OC)c2c1cccc2C(C)(C)C. The molecular formula is C16H22O2. The Kier molecular flexibility index (Phi) is 3.24. The lowest BCUT2D eigenvalue weighted by atomic mass is 9.81. The summed E-state index contributed by atoms with van der Waals surface area (Å²) in [5, 5.41) is 0. The molecule has 0 heterocycles. The second kappa shape index (κ2) is 4.43. The van der Waals surface area contributed by atoms with Crippen molar-refractivity contribution >= 4 is 5.76 Å². The minimum Gasteiger partial charge on any atom is -0.496 e. The van der Waals surface area contributed by atoms with Gasteiger partial charge in [-0.15, -0.1) is 0 Å². The number of fused-ring (bicyclic) bond motifs is 1.